The van der Waals surface area contributed by atoms with Crippen LogP contribution in [0.3, 0.4) is 0 Å². The van der Waals surface area contributed by atoms with Gasteiger partial charge >= 0.3 is 5.97 Å². The molecule has 1 aromatic carbocycles. The summed E-state index contributed by atoms with van der Waals surface area (Å²) in [5, 5.41) is 9.83. The van der Waals surface area contributed by atoms with E-state index in [0.29, 0.717) is 23.6 Å². The number of fused-ring (bicyclic) bond motifs is 2. The van der Waals surface area contributed by atoms with Crippen LogP contribution in [0, 0.1) is 11.8 Å². The van der Waals surface area contributed by atoms with E-state index in [1.807, 2.05) is 6.08 Å². The second-order valence-corrected chi connectivity index (χ2v) is 9.04. The summed E-state index contributed by atoms with van der Waals surface area (Å²) in [4.78, 5) is 43.7. The molecule has 9 heteroatoms. The first-order valence-corrected chi connectivity index (χ1v) is 11.5. The van der Waals surface area contributed by atoms with E-state index in [1.54, 1.807) is 42.5 Å². The van der Waals surface area contributed by atoms with E-state index in [4.69, 9.17) is 21.1 Å². The lowest BCUT2D eigenvalue weighted by molar-refractivity contribution is -0.154. The normalized spacial score (nSPS) is 33.2. The third kappa shape index (κ3) is 3.39. The Balaban J connectivity index is 1.62. The summed E-state index contributed by atoms with van der Waals surface area (Å²) >= 11 is 6.40. The number of esters is 1. The Kier molecular flexibility index (Phi) is 5.76. The molecule has 2 saturated heterocycles. The van der Waals surface area contributed by atoms with Crippen LogP contribution in [-0.2, 0) is 23.9 Å². The molecular weight excluding hydrogens is 448 g/mol. The van der Waals surface area contributed by atoms with E-state index in [1.165, 1.54) is 9.80 Å². The van der Waals surface area contributed by atoms with E-state index < -0.39 is 35.6 Å². The molecule has 0 aromatic heterocycles. The lowest BCUT2D eigenvalue weighted by atomic mass is 9.77. The van der Waals surface area contributed by atoms with Gasteiger partial charge in [-0.2, -0.15) is 0 Å². The summed E-state index contributed by atoms with van der Waals surface area (Å²) in [6.07, 6.45) is 7.43. The molecule has 2 fully saturated rings. The molecule has 33 heavy (non-hydrogen) atoms. The molecule has 5 atom stereocenters. The molecule has 8 nitrogen and oxygen atoms in total. The van der Waals surface area contributed by atoms with Crippen molar-refractivity contribution < 1.29 is 29.0 Å². The minimum Gasteiger partial charge on any atom is -0.465 e. The van der Waals surface area contributed by atoms with Gasteiger partial charge in [-0.25, -0.2) is 0 Å². The van der Waals surface area contributed by atoms with Gasteiger partial charge in [-0.15, -0.1) is 0 Å². The number of likely N-dealkylation sites (tertiary alicyclic amines) is 1. The zero-order chi connectivity index (χ0) is 23.2. The van der Waals surface area contributed by atoms with Crippen molar-refractivity contribution in [3.05, 3.63) is 53.6 Å². The molecular formula is C24H25ClN2O6. The Morgan fingerprint density at radius 3 is 2.76 bits per heavy atom. The standard InChI is InChI=1S/C24H25ClN2O6/c25-15-7-1-2-8-16(15)26-11-5-10-24-19(18-17(33-24)9-3-4-14-32-23(18)31)21(29)27(12-6-13-28)20(24)22(26)30/h1-3,5,7-10,17-20,28H,4,6,11-14H2/t17-,18+,19+,20?,24+/m1/s1. The number of benzene rings is 1. The number of hydrogen-bond donors (Lipinski definition) is 1. The van der Waals surface area contributed by atoms with Gasteiger partial charge in [0.15, 0.2) is 0 Å². The predicted octanol–water partition coefficient (Wildman–Crippen LogP) is 1.71. The van der Waals surface area contributed by atoms with Crippen LogP contribution in [0.1, 0.15) is 12.8 Å². The summed E-state index contributed by atoms with van der Waals surface area (Å²) < 4.78 is 11.8. The van der Waals surface area contributed by atoms with Crippen molar-refractivity contribution in [1.82, 2.24) is 4.90 Å². The number of anilines is 1. The lowest BCUT2D eigenvalue weighted by Crippen LogP contribution is -2.55. The van der Waals surface area contributed by atoms with Gasteiger partial charge < -0.3 is 24.4 Å². The topological polar surface area (TPSA) is 96.4 Å². The average Bonchev–Trinajstić information content (AvgIpc) is 3.17. The van der Waals surface area contributed by atoms with Gasteiger partial charge in [-0.1, -0.05) is 48.0 Å². The van der Waals surface area contributed by atoms with Crippen molar-refractivity contribution in [3.63, 3.8) is 0 Å². The quantitative estimate of drug-likeness (QED) is 0.529. The van der Waals surface area contributed by atoms with Gasteiger partial charge in [0.2, 0.25) is 5.91 Å². The van der Waals surface area contributed by atoms with Crippen LogP contribution in [0.15, 0.2) is 48.6 Å². The number of para-hydroxylation sites is 1. The van der Waals surface area contributed by atoms with Crippen molar-refractivity contribution in [2.75, 3.05) is 31.2 Å². The molecule has 174 valence electrons. The molecule has 2 amide bonds. The molecule has 1 N–H and O–H groups in total. The number of halogens is 1. The summed E-state index contributed by atoms with van der Waals surface area (Å²) in [5.74, 6) is -2.91. The molecule has 4 aliphatic rings. The van der Waals surface area contributed by atoms with E-state index in [2.05, 4.69) is 0 Å². The summed E-state index contributed by atoms with van der Waals surface area (Å²) in [5.41, 5.74) is -0.782. The smallest absolute Gasteiger partial charge is 0.312 e. The first kappa shape index (κ1) is 22.1. The third-order valence-corrected chi connectivity index (χ3v) is 7.14. The molecule has 1 aromatic rings. The van der Waals surface area contributed by atoms with Crippen molar-refractivity contribution in [2.45, 2.75) is 30.6 Å². The summed E-state index contributed by atoms with van der Waals surface area (Å²) in [6.45, 7) is 0.512. The molecule has 4 heterocycles. The lowest BCUT2D eigenvalue weighted by Gasteiger charge is -2.35. The largest absolute Gasteiger partial charge is 0.465 e. The van der Waals surface area contributed by atoms with E-state index >= 15 is 0 Å². The van der Waals surface area contributed by atoms with Crippen LogP contribution in [-0.4, -0.2) is 71.8 Å². The second kappa shape index (κ2) is 8.59. The summed E-state index contributed by atoms with van der Waals surface area (Å²) in [6, 6.07) is 6.03. The first-order chi connectivity index (χ1) is 16.0. The number of carbonyl (C=O) groups is 3. The van der Waals surface area contributed by atoms with Crippen molar-refractivity contribution in [3.8, 4) is 0 Å². The highest BCUT2D eigenvalue weighted by Crippen LogP contribution is 2.53. The zero-order valence-corrected chi connectivity index (χ0v) is 18.7. The number of rotatable bonds is 4. The fraction of sp³-hybridized carbons (Fsp3) is 0.458. The number of ether oxygens (including phenoxy) is 2. The molecule has 4 aliphatic heterocycles. The molecule has 1 unspecified atom stereocenters. The number of hydrogen-bond acceptors (Lipinski definition) is 6. The average molecular weight is 473 g/mol. The maximum absolute atomic E-state index is 14.0. The van der Waals surface area contributed by atoms with E-state index in [-0.39, 0.29) is 38.1 Å². The van der Waals surface area contributed by atoms with Crippen molar-refractivity contribution in [1.29, 1.82) is 0 Å². The Morgan fingerprint density at radius 2 is 1.97 bits per heavy atom. The zero-order valence-electron chi connectivity index (χ0n) is 17.9. The fourth-order valence-corrected chi connectivity index (χ4v) is 5.71. The van der Waals surface area contributed by atoms with E-state index in [0.717, 1.165) is 0 Å². The third-order valence-electron chi connectivity index (χ3n) is 6.82. The molecule has 5 rings (SSSR count). The monoisotopic (exact) mass is 472 g/mol. The molecule has 0 bridgehead atoms. The van der Waals surface area contributed by atoms with Gasteiger partial charge in [0.25, 0.3) is 5.91 Å². The van der Waals surface area contributed by atoms with E-state index in [9.17, 15) is 19.5 Å². The van der Waals surface area contributed by atoms with Gasteiger partial charge in [0.1, 0.15) is 17.6 Å². The van der Waals surface area contributed by atoms with Crippen LogP contribution in [0.4, 0.5) is 5.69 Å². The Morgan fingerprint density at radius 1 is 1.15 bits per heavy atom. The number of carbonyl (C=O) groups excluding carboxylic acids is 3. The van der Waals surface area contributed by atoms with Gasteiger partial charge in [-0.05, 0) is 25.0 Å². The highest BCUT2D eigenvalue weighted by atomic mass is 35.5. The van der Waals surface area contributed by atoms with Gasteiger partial charge in [-0.3, -0.25) is 14.4 Å². The van der Waals surface area contributed by atoms with Gasteiger partial charge in [0, 0.05) is 19.7 Å². The first-order valence-electron chi connectivity index (χ1n) is 11.2. The Labute approximate surface area is 196 Å². The summed E-state index contributed by atoms with van der Waals surface area (Å²) in [7, 11) is 0. The highest BCUT2D eigenvalue weighted by Gasteiger charge is 2.71. The second-order valence-electron chi connectivity index (χ2n) is 8.64. The van der Waals surface area contributed by atoms with Crippen LogP contribution in [0.25, 0.3) is 0 Å². The Bertz CT molecular complexity index is 1040. The van der Waals surface area contributed by atoms with Crippen molar-refractivity contribution >= 4 is 35.1 Å². The number of amides is 2. The maximum atomic E-state index is 14.0. The fourth-order valence-electron chi connectivity index (χ4n) is 5.47. The minimum absolute atomic E-state index is 0.135. The Hall–Kier alpha value is -2.68. The number of nitrogens with zero attached hydrogens (tertiary/aromatic N) is 2. The highest BCUT2D eigenvalue weighted by molar-refractivity contribution is 6.34. The molecule has 0 aliphatic carbocycles. The van der Waals surface area contributed by atoms with Gasteiger partial charge in [0.05, 0.1) is 29.3 Å². The van der Waals surface area contributed by atoms with Crippen LogP contribution in [0.5, 0.6) is 0 Å². The number of aliphatic hydroxyl groups excluding tert-OH is 1. The molecule has 0 radical (unpaired) electrons. The molecule has 0 saturated carbocycles. The van der Waals surface area contributed by atoms with Crippen LogP contribution >= 0.6 is 11.6 Å². The van der Waals surface area contributed by atoms with Crippen molar-refractivity contribution in [2.24, 2.45) is 11.8 Å². The maximum Gasteiger partial charge on any atom is 0.312 e. The number of cyclic esters (lactones) is 1. The molecule has 1 spiro atoms. The van der Waals surface area contributed by atoms with Crippen LogP contribution in [0.2, 0.25) is 5.02 Å². The minimum atomic E-state index is -1.32. The SMILES string of the molecule is O=C1OCCC=C[C@H]2O[C@]34C=CCN(c5ccccc5Cl)C(=O)C3N(CCCO)C(=O)[C@@H]4[C@@H]12. The van der Waals surface area contributed by atoms with Crippen LogP contribution < -0.4 is 4.90 Å². The predicted molar refractivity (Wildman–Crippen MR) is 119 cm³/mol. The number of aliphatic hydroxyl groups is 1.